The van der Waals surface area contributed by atoms with Crippen molar-refractivity contribution in [2.75, 3.05) is 0 Å². The number of hydrogen-bond acceptors (Lipinski definition) is 5. The number of allylic oxidation sites excluding steroid dienone is 1. The highest BCUT2D eigenvalue weighted by atomic mass is 16.5. The highest BCUT2D eigenvalue weighted by molar-refractivity contribution is 5.93. The summed E-state index contributed by atoms with van der Waals surface area (Å²) in [5, 5.41) is 29.2. The molecule has 5 heteroatoms. The third-order valence-corrected chi connectivity index (χ3v) is 3.89. The molecule has 3 N–H and O–H groups in total. The van der Waals surface area contributed by atoms with E-state index in [1.165, 1.54) is 6.08 Å². The van der Waals surface area contributed by atoms with Gasteiger partial charge in [-0.3, -0.25) is 4.79 Å². The van der Waals surface area contributed by atoms with Crippen LogP contribution < -0.4 is 0 Å². The van der Waals surface area contributed by atoms with Crippen molar-refractivity contribution in [1.82, 2.24) is 0 Å². The smallest absolute Gasteiger partial charge is 0.155 e. The predicted octanol–water partition coefficient (Wildman–Crippen LogP) is 0.919. The zero-order valence-electron chi connectivity index (χ0n) is 12.5. The predicted molar refractivity (Wildman–Crippen MR) is 82.1 cm³/mol. The number of benzene rings is 1. The van der Waals surface area contributed by atoms with E-state index in [0.29, 0.717) is 6.42 Å². The summed E-state index contributed by atoms with van der Waals surface area (Å²) in [5.41, 5.74) is 0.942. The summed E-state index contributed by atoms with van der Waals surface area (Å²) in [6.45, 7) is 1.63. The van der Waals surface area contributed by atoms with E-state index >= 15 is 0 Å². The average Bonchev–Trinajstić information content (AvgIpc) is 2.54. The summed E-state index contributed by atoms with van der Waals surface area (Å²) >= 11 is 0. The topological polar surface area (TPSA) is 87.0 Å². The molecule has 5 nitrogen and oxygen atoms in total. The van der Waals surface area contributed by atoms with Crippen molar-refractivity contribution < 1.29 is 24.9 Å². The summed E-state index contributed by atoms with van der Waals surface area (Å²) in [5.74, 6) is -0.0760. The maximum atomic E-state index is 11.9. The Kier molecular flexibility index (Phi) is 5.85. The second-order valence-corrected chi connectivity index (χ2v) is 5.60. The van der Waals surface area contributed by atoms with Gasteiger partial charge in [-0.25, -0.2) is 0 Å². The molecule has 1 aliphatic heterocycles. The van der Waals surface area contributed by atoms with E-state index in [4.69, 9.17) is 4.74 Å². The normalized spacial score (nSPS) is 32.3. The van der Waals surface area contributed by atoms with Gasteiger partial charge in [0.2, 0.25) is 0 Å². The highest BCUT2D eigenvalue weighted by Gasteiger charge is 2.41. The van der Waals surface area contributed by atoms with Gasteiger partial charge in [0.1, 0.15) is 18.3 Å². The quantitative estimate of drug-likeness (QED) is 0.704. The van der Waals surface area contributed by atoms with Gasteiger partial charge < -0.3 is 20.1 Å². The third kappa shape index (κ3) is 4.24. The van der Waals surface area contributed by atoms with Crippen molar-refractivity contribution in [3.8, 4) is 0 Å². The van der Waals surface area contributed by atoms with E-state index in [9.17, 15) is 20.1 Å². The van der Waals surface area contributed by atoms with Crippen molar-refractivity contribution in [2.24, 2.45) is 0 Å². The van der Waals surface area contributed by atoms with Crippen LogP contribution in [-0.4, -0.2) is 51.6 Å². The first-order chi connectivity index (χ1) is 10.5. The molecule has 1 aromatic rings. The molecule has 0 radical (unpaired) electrons. The Labute approximate surface area is 129 Å². The van der Waals surface area contributed by atoms with E-state index in [1.54, 1.807) is 13.0 Å². The SMILES string of the molecule is CC1O[C@H](CCC(=O)/C=C/c2ccccc2)C(O)[C@@H](O)[C@@H]1O. The van der Waals surface area contributed by atoms with Gasteiger partial charge in [-0.2, -0.15) is 0 Å². The van der Waals surface area contributed by atoms with Gasteiger partial charge in [-0.1, -0.05) is 36.4 Å². The first-order valence-corrected chi connectivity index (χ1v) is 7.44. The molecule has 22 heavy (non-hydrogen) atoms. The summed E-state index contributed by atoms with van der Waals surface area (Å²) in [6, 6.07) is 9.49. The molecule has 120 valence electrons. The molecular formula is C17H22O5. The molecule has 0 bridgehead atoms. The van der Waals surface area contributed by atoms with Crippen molar-refractivity contribution in [1.29, 1.82) is 0 Å². The lowest BCUT2D eigenvalue weighted by Crippen LogP contribution is -2.56. The van der Waals surface area contributed by atoms with E-state index in [0.717, 1.165) is 5.56 Å². The van der Waals surface area contributed by atoms with Crippen molar-refractivity contribution in [2.45, 2.75) is 50.3 Å². The van der Waals surface area contributed by atoms with E-state index in [2.05, 4.69) is 0 Å². The van der Waals surface area contributed by atoms with Crippen LogP contribution >= 0.6 is 0 Å². The summed E-state index contributed by atoms with van der Waals surface area (Å²) < 4.78 is 5.46. The minimum Gasteiger partial charge on any atom is -0.388 e. The molecule has 0 amide bonds. The minimum atomic E-state index is -1.25. The van der Waals surface area contributed by atoms with Crippen LogP contribution in [0.15, 0.2) is 36.4 Å². The van der Waals surface area contributed by atoms with E-state index in [1.807, 2.05) is 30.3 Å². The van der Waals surface area contributed by atoms with Crippen LogP contribution in [0.4, 0.5) is 0 Å². The number of ether oxygens (including phenoxy) is 1. The maximum absolute atomic E-state index is 11.9. The van der Waals surface area contributed by atoms with Gasteiger partial charge in [-0.05, 0) is 25.0 Å². The zero-order valence-corrected chi connectivity index (χ0v) is 12.5. The zero-order chi connectivity index (χ0) is 16.1. The summed E-state index contributed by atoms with van der Waals surface area (Å²) in [7, 11) is 0. The molecular weight excluding hydrogens is 284 g/mol. The molecule has 0 saturated carbocycles. The lowest BCUT2D eigenvalue weighted by atomic mass is 9.93. The monoisotopic (exact) mass is 306 g/mol. The molecule has 2 unspecified atom stereocenters. The Morgan fingerprint density at radius 2 is 1.82 bits per heavy atom. The van der Waals surface area contributed by atoms with Crippen LogP contribution in [0.3, 0.4) is 0 Å². The highest BCUT2D eigenvalue weighted by Crippen LogP contribution is 2.24. The fraction of sp³-hybridized carbons (Fsp3) is 0.471. The maximum Gasteiger partial charge on any atom is 0.155 e. The van der Waals surface area contributed by atoms with Crippen LogP contribution in [0, 0.1) is 0 Å². The van der Waals surface area contributed by atoms with E-state index < -0.39 is 30.5 Å². The molecule has 0 aliphatic carbocycles. The number of carbonyl (C=O) groups excluding carboxylic acids is 1. The van der Waals surface area contributed by atoms with Gasteiger partial charge in [0.05, 0.1) is 12.2 Å². The Morgan fingerprint density at radius 1 is 1.14 bits per heavy atom. The largest absolute Gasteiger partial charge is 0.388 e. The number of rotatable bonds is 5. The van der Waals surface area contributed by atoms with Crippen molar-refractivity contribution in [3.63, 3.8) is 0 Å². The van der Waals surface area contributed by atoms with Crippen LogP contribution in [0.25, 0.3) is 6.08 Å². The number of hydrogen-bond donors (Lipinski definition) is 3. The molecule has 5 atom stereocenters. The fourth-order valence-electron chi connectivity index (χ4n) is 2.50. The van der Waals surface area contributed by atoms with Gasteiger partial charge in [-0.15, -0.1) is 0 Å². The Hall–Kier alpha value is -1.53. The molecule has 2 rings (SSSR count). The number of aliphatic hydroxyl groups is 3. The van der Waals surface area contributed by atoms with Gasteiger partial charge >= 0.3 is 0 Å². The van der Waals surface area contributed by atoms with Gasteiger partial charge in [0, 0.05) is 6.42 Å². The van der Waals surface area contributed by atoms with Gasteiger partial charge in [0.25, 0.3) is 0 Å². The van der Waals surface area contributed by atoms with E-state index in [-0.39, 0.29) is 12.2 Å². The fourth-order valence-corrected chi connectivity index (χ4v) is 2.50. The number of ketones is 1. The standard InChI is InChI=1S/C17H22O5/c1-11-15(19)17(21)16(20)14(22-11)10-9-13(18)8-7-12-5-3-2-4-6-12/h2-8,11,14-17,19-21H,9-10H2,1H3/b8-7+/t11?,14-,15-,16?,17+/m1/s1. The number of carbonyl (C=O) groups is 1. The second-order valence-electron chi connectivity index (χ2n) is 5.60. The molecule has 1 heterocycles. The summed E-state index contributed by atoms with van der Waals surface area (Å²) in [6.07, 6.45) is -1.02. The Bertz CT molecular complexity index is 513. The van der Waals surface area contributed by atoms with Crippen molar-refractivity contribution in [3.05, 3.63) is 42.0 Å². The first-order valence-electron chi connectivity index (χ1n) is 7.44. The van der Waals surface area contributed by atoms with Gasteiger partial charge in [0.15, 0.2) is 5.78 Å². The average molecular weight is 306 g/mol. The van der Waals surface area contributed by atoms with Crippen LogP contribution in [0.1, 0.15) is 25.3 Å². The van der Waals surface area contributed by atoms with Crippen LogP contribution in [-0.2, 0) is 9.53 Å². The minimum absolute atomic E-state index is 0.0760. The van der Waals surface area contributed by atoms with Crippen LogP contribution in [0.2, 0.25) is 0 Å². The lowest BCUT2D eigenvalue weighted by molar-refractivity contribution is -0.218. The molecule has 1 saturated heterocycles. The van der Waals surface area contributed by atoms with Crippen LogP contribution in [0.5, 0.6) is 0 Å². The summed E-state index contributed by atoms with van der Waals surface area (Å²) in [4.78, 5) is 11.9. The number of aliphatic hydroxyl groups excluding tert-OH is 3. The molecule has 1 aromatic carbocycles. The third-order valence-electron chi connectivity index (χ3n) is 3.89. The second kappa shape index (κ2) is 7.65. The molecule has 0 aromatic heterocycles. The Morgan fingerprint density at radius 3 is 2.50 bits per heavy atom. The Balaban J connectivity index is 1.84. The molecule has 1 fully saturated rings. The molecule has 1 aliphatic rings. The molecule has 0 spiro atoms. The first kappa shape index (κ1) is 16.8. The van der Waals surface area contributed by atoms with Crippen molar-refractivity contribution >= 4 is 11.9 Å². The lowest BCUT2D eigenvalue weighted by Gasteiger charge is -2.39.